The maximum atomic E-state index is 4.28. The number of hydrogen-bond acceptors (Lipinski definition) is 2. The van der Waals surface area contributed by atoms with Crippen LogP contribution >= 0.6 is 11.3 Å². The van der Waals surface area contributed by atoms with E-state index >= 15 is 0 Å². The molecule has 4 heteroatoms. The van der Waals surface area contributed by atoms with E-state index in [0.717, 1.165) is 25.3 Å². The molecule has 3 nitrogen and oxygen atoms in total. The van der Waals surface area contributed by atoms with Gasteiger partial charge in [0.25, 0.3) is 0 Å². The summed E-state index contributed by atoms with van der Waals surface area (Å²) in [6.45, 7) is 3.01. The molecule has 0 aliphatic carbocycles. The highest BCUT2D eigenvalue weighted by atomic mass is 32.1. The summed E-state index contributed by atoms with van der Waals surface area (Å²) in [6, 6.07) is 13.1. The van der Waals surface area contributed by atoms with Crippen LogP contribution in [0.2, 0.25) is 0 Å². The molecule has 0 aliphatic heterocycles. The summed E-state index contributed by atoms with van der Waals surface area (Å²) >= 11 is 1.72. The van der Waals surface area contributed by atoms with E-state index < -0.39 is 0 Å². The number of aryl methyl sites for hydroxylation is 1. The molecule has 1 atom stereocenters. The van der Waals surface area contributed by atoms with Crippen molar-refractivity contribution >= 4 is 17.3 Å². The molecule has 1 unspecified atom stereocenters. The van der Waals surface area contributed by atoms with Crippen LogP contribution in [0.5, 0.6) is 0 Å². The molecule has 112 valence electrons. The highest BCUT2D eigenvalue weighted by Gasteiger charge is 2.05. The molecule has 21 heavy (non-hydrogen) atoms. The largest absolute Gasteiger partial charge is 0.354 e. The van der Waals surface area contributed by atoms with Gasteiger partial charge in [0.1, 0.15) is 0 Å². The fourth-order valence-corrected chi connectivity index (χ4v) is 2.78. The van der Waals surface area contributed by atoms with Crippen LogP contribution in [0.3, 0.4) is 0 Å². The lowest BCUT2D eigenvalue weighted by atomic mass is 10.1. The standard InChI is InChI=1S/C17H23N3S/c1-14(8-9-15-6-4-3-5-7-15)20-17(18-2)19-12-16-10-11-21-13-16/h3-7,10-11,13-14H,8-9,12H2,1-2H3,(H2,18,19,20). The molecule has 0 fully saturated rings. The number of guanidine groups is 1. The minimum Gasteiger partial charge on any atom is -0.354 e. The molecular weight excluding hydrogens is 278 g/mol. The third kappa shape index (κ3) is 5.60. The molecular formula is C17H23N3S. The van der Waals surface area contributed by atoms with Crippen molar-refractivity contribution in [3.05, 3.63) is 58.3 Å². The van der Waals surface area contributed by atoms with Gasteiger partial charge in [-0.25, -0.2) is 0 Å². The fourth-order valence-electron chi connectivity index (χ4n) is 2.11. The van der Waals surface area contributed by atoms with E-state index in [1.54, 1.807) is 11.3 Å². The lowest BCUT2D eigenvalue weighted by Crippen LogP contribution is -2.42. The summed E-state index contributed by atoms with van der Waals surface area (Å²) in [5, 5.41) is 11.0. The summed E-state index contributed by atoms with van der Waals surface area (Å²) in [4.78, 5) is 4.28. The van der Waals surface area contributed by atoms with E-state index in [1.807, 2.05) is 7.05 Å². The molecule has 1 aromatic heterocycles. The van der Waals surface area contributed by atoms with Crippen LogP contribution in [0.1, 0.15) is 24.5 Å². The first kappa shape index (κ1) is 15.6. The van der Waals surface area contributed by atoms with Crippen LogP contribution in [0, 0.1) is 0 Å². The lowest BCUT2D eigenvalue weighted by molar-refractivity contribution is 0.593. The highest BCUT2D eigenvalue weighted by Crippen LogP contribution is 2.06. The van der Waals surface area contributed by atoms with Crippen LogP contribution in [0.15, 0.2) is 52.2 Å². The van der Waals surface area contributed by atoms with Crippen molar-refractivity contribution in [2.45, 2.75) is 32.4 Å². The number of aliphatic imine (C=N–C) groups is 1. The number of hydrogen-bond donors (Lipinski definition) is 2. The summed E-state index contributed by atoms with van der Waals surface area (Å²) in [6.07, 6.45) is 2.17. The van der Waals surface area contributed by atoms with Crippen molar-refractivity contribution in [2.75, 3.05) is 7.05 Å². The Balaban J connectivity index is 1.73. The molecule has 0 spiro atoms. The van der Waals surface area contributed by atoms with E-state index in [1.165, 1.54) is 11.1 Å². The average Bonchev–Trinajstić information content (AvgIpc) is 3.04. The summed E-state index contributed by atoms with van der Waals surface area (Å²) in [5.74, 6) is 0.863. The van der Waals surface area contributed by atoms with Gasteiger partial charge in [0.05, 0.1) is 0 Å². The maximum Gasteiger partial charge on any atom is 0.191 e. The minimum absolute atomic E-state index is 0.388. The zero-order valence-electron chi connectivity index (χ0n) is 12.7. The first-order valence-electron chi connectivity index (χ1n) is 7.30. The molecule has 0 amide bonds. The van der Waals surface area contributed by atoms with Gasteiger partial charge < -0.3 is 10.6 Å². The van der Waals surface area contributed by atoms with Gasteiger partial charge in [-0.15, -0.1) is 0 Å². The zero-order chi connectivity index (χ0) is 14.9. The Hall–Kier alpha value is -1.81. The summed E-state index contributed by atoms with van der Waals surface area (Å²) in [7, 11) is 1.81. The number of nitrogens with zero attached hydrogens (tertiary/aromatic N) is 1. The van der Waals surface area contributed by atoms with E-state index in [2.05, 4.69) is 69.7 Å². The molecule has 1 aromatic carbocycles. The number of thiophene rings is 1. The predicted molar refractivity (Wildman–Crippen MR) is 91.9 cm³/mol. The van der Waals surface area contributed by atoms with Crippen LogP contribution in [0.4, 0.5) is 0 Å². The van der Waals surface area contributed by atoms with Crippen molar-refractivity contribution in [3.63, 3.8) is 0 Å². The van der Waals surface area contributed by atoms with Gasteiger partial charge in [0.2, 0.25) is 0 Å². The zero-order valence-corrected chi connectivity index (χ0v) is 13.5. The second kappa shape index (κ2) is 8.47. The van der Waals surface area contributed by atoms with Crippen molar-refractivity contribution in [2.24, 2.45) is 4.99 Å². The predicted octanol–water partition coefficient (Wildman–Crippen LogP) is 3.43. The first-order valence-corrected chi connectivity index (χ1v) is 8.24. The lowest BCUT2D eigenvalue weighted by Gasteiger charge is -2.17. The van der Waals surface area contributed by atoms with Crippen LogP contribution in [0.25, 0.3) is 0 Å². The van der Waals surface area contributed by atoms with Crippen molar-refractivity contribution in [3.8, 4) is 0 Å². The van der Waals surface area contributed by atoms with Gasteiger partial charge in [-0.1, -0.05) is 30.3 Å². The Bertz CT molecular complexity index is 534. The van der Waals surface area contributed by atoms with E-state index in [-0.39, 0.29) is 0 Å². The van der Waals surface area contributed by atoms with Crippen LogP contribution in [-0.4, -0.2) is 19.0 Å². The van der Waals surface area contributed by atoms with Crippen LogP contribution in [-0.2, 0) is 13.0 Å². The second-order valence-corrected chi connectivity index (χ2v) is 5.91. The van der Waals surface area contributed by atoms with Crippen molar-refractivity contribution in [1.82, 2.24) is 10.6 Å². The summed E-state index contributed by atoms with van der Waals surface area (Å²) in [5.41, 5.74) is 2.67. The number of benzene rings is 1. The monoisotopic (exact) mass is 301 g/mol. The van der Waals surface area contributed by atoms with Crippen molar-refractivity contribution in [1.29, 1.82) is 0 Å². The topological polar surface area (TPSA) is 36.4 Å². The molecule has 2 rings (SSSR count). The molecule has 2 N–H and O–H groups in total. The minimum atomic E-state index is 0.388. The first-order chi connectivity index (χ1) is 10.3. The molecule has 0 saturated carbocycles. The van der Waals surface area contributed by atoms with Gasteiger partial charge >= 0.3 is 0 Å². The van der Waals surface area contributed by atoms with Gasteiger partial charge in [0, 0.05) is 19.6 Å². The average molecular weight is 301 g/mol. The van der Waals surface area contributed by atoms with E-state index in [9.17, 15) is 0 Å². The van der Waals surface area contributed by atoms with E-state index in [0.29, 0.717) is 6.04 Å². The number of nitrogens with one attached hydrogen (secondary N) is 2. The van der Waals surface area contributed by atoms with Gasteiger partial charge in [-0.2, -0.15) is 11.3 Å². The third-order valence-corrected chi connectivity index (χ3v) is 4.09. The Labute approximate surface area is 131 Å². The van der Waals surface area contributed by atoms with Crippen molar-refractivity contribution < 1.29 is 0 Å². The van der Waals surface area contributed by atoms with Gasteiger partial charge in [-0.05, 0) is 47.7 Å². The normalized spacial score (nSPS) is 13.0. The molecule has 1 heterocycles. The highest BCUT2D eigenvalue weighted by molar-refractivity contribution is 7.07. The Morgan fingerprint density at radius 1 is 1.19 bits per heavy atom. The van der Waals surface area contributed by atoms with Gasteiger partial charge in [0.15, 0.2) is 5.96 Å². The number of rotatable bonds is 6. The Kier molecular flexibility index (Phi) is 6.28. The molecule has 0 saturated heterocycles. The van der Waals surface area contributed by atoms with E-state index in [4.69, 9.17) is 0 Å². The smallest absolute Gasteiger partial charge is 0.191 e. The quantitative estimate of drug-likeness (QED) is 0.633. The molecule has 2 aromatic rings. The van der Waals surface area contributed by atoms with Crippen LogP contribution < -0.4 is 10.6 Å². The van der Waals surface area contributed by atoms with Gasteiger partial charge in [-0.3, -0.25) is 4.99 Å². The third-order valence-electron chi connectivity index (χ3n) is 3.36. The summed E-state index contributed by atoms with van der Waals surface area (Å²) < 4.78 is 0. The Morgan fingerprint density at radius 2 is 2.00 bits per heavy atom. The maximum absolute atomic E-state index is 4.28. The Morgan fingerprint density at radius 3 is 2.67 bits per heavy atom. The molecule has 0 aliphatic rings. The fraction of sp³-hybridized carbons (Fsp3) is 0.353. The SMILES string of the molecule is CN=C(NCc1ccsc1)NC(C)CCc1ccccc1. The molecule has 0 bridgehead atoms. The molecule has 0 radical (unpaired) electrons. The second-order valence-electron chi connectivity index (χ2n) is 5.13.